The fourth-order valence-electron chi connectivity index (χ4n) is 2.23. The summed E-state index contributed by atoms with van der Waals surface area (Å²) in [4.78, 5) is 11.9. The van der Waals surface area contributed by atoms with Crippen LogP contribution < -0.4 is 5.32 Å². The lowest BCUT2D eigenvalue weighted by Crippen LogP contribution is -2.43. The highest BCUT2D eigenvalue weighted by molar-refractivity contribution is 9.10. The van der Waals surface area contributed by atoms with Gasteiger partial charge in [0.2, 0.25) is 0 Å². The molecule has 2 aromatic rings. The maximum absolute atomic E-state index is 11.9. The molecular formula is C16H15BrClNO2. The van der Waals surface area contributed by atoms with Crippen LogP contribution in [0.15, 0.2) is 53.0 Å². The molecule has 0 amide bonds. The Balaban J connectivity index is 2.46. The quantitative estimate of drug-likeness (QED) is 0.789. The summed E-state index contributed by atoms with van der Waals surface area (Å²) in [5.41, 5.74) is 0.161. The second-order valence-corrected chi connectivity index (χ2v) is 6.06. The lowest BCUT2D eigenvalue weighted by atomic mass is 9.87. The Labute approximate surface area is 137 Å². The molecule has 0 aliphatic heterocycles. The molecule has 1 unspecified atom stereocenters. The van der Waals surface area contributed by atoms with Crippen LogP contribution >= 0.6 is 27.5 Å². The van der Waals surface area contributed by atoms with E-state index in [1.807, 2.05) is 31.2 Å². The molecule has 0 aliphatic carbocycles. The molecule has 3 nitrogen and oxygen atoms in total. The highest BCUT2D eigenvalue weighted by Gasteiger charge is 2.38. The Hall–Kier alpha value is -1.52. The van der Waals surface area contributed by atoms with Gasteiger partial charge in [0.05, 0.1) is 0 Å². The fraction of sp³-hybridized carbons (Fsp3) is 0.188. The molecule has 21 heavy (non-hydrogen) atoms. The van der Waals surface area contributed by atoms with Crippen molar-refractivity contribution in [3.05, 3.63) is 63.6 Å². The normalized spacial score (nSPS) is 13.5. The van der Waals surface area contributed by atoms with Crippen LogP contribution in [0, 0.1) is 0 Å². The first-order chi connectivity index (χ1) is 9.98. The second-order valence-electron chi connectivity index (χ2n) is 4.71. The molecule has 2 N–H and O–H groups in total. The molecule has 0 aliphatic rings. The molecule has 2 rings (SSSR count). The molecule has 1 atom stereocenters. The molecule has 2 aromatic carbocycles. The number of hydrogen-bond acceptors (Lipinski definition) is 2. The van der Waals surface area contributed by atoms with Crippen molar-refractivity contribution < 1.29 is 9.90 Å². The van der Waals surface area contributed by atoms with Crippen molar-refractivity contribution in [1.82, 2.24) is 0 Å². The Morgan fingerprint density at radius 3 is 2.48 bits per heavy atom. The van der Waals surface area contributed by atoms with Gasteiger partial charge in [-0.15, -0.1) is 0 Å². The van der Waals surface area contributed by atoms with Gasteiger partial charge in [-0.05, 0) is 48.4 Å². The summed E-state index contributed by atoms with van der Waals surface area (Å²) >= 11 is 9.37. The molecule has 5 heteroatoms. The van der Waals surface area contributed by atoms with Gasteiger partial charge in [0.1, 0.15) is 0 Å². The Kier molecular flexibility index (Phi) is 4.91. The van der Waals surface area contributed by atoms with Crippen LogP contribution in [0.2, 0.25) is 5.02 Å². The SMILES string of the molecule is CCC(Nc1ccc(Br)cc1)(C(=O)O)c1cccc(Cl)c1. The van der Waals surface area contributed by atoms with E-state index >= 15 is 0 Å². The maximum Gasteiger partial charge on any atom is 0.334 e. The monoisotopic (exact) mass is 367 g/mol. The number of hydrogen-bond donors (Lipinski definition) is 2. The largest absolute Gasteiger partial charge is 0.479 e. The van der Waals surface area contributed by atoms with Crippen molar-refractivity contribution in [3.8, 4) is 0 Å². The van der Waals surface area contributed by atoms with E-state index < -0.39 is 11.5 Å². The number of carboxylic acids is 1. The molecule has 110 valence electrons. The van der Waals surface area contributed by atoms with E-state index in [9.17, 15) is 9.90 Å². The van der Waals surface area contributed by atoms with E-state index in [1.165, 1.54) is 0 Å². The molecule has 0 heterocycles. The molecule has 0 saturated carbocycles. The van der Waals surface area contributed by atoms with Crippen molar-refractivity contribution in [1.29, 1.82) is 0 Å². The number of carboxylic acid groups (broad SMARTS) is 1. The molecule has 0 spiro atoms. The standard InChI is InChI=1S/C16H15BrClNO2/c1-2-16(15(20)21,11-4-3-5-13(18)10-11)19-14-8-6-12(17)7-9-14/h3-10,19H,2H2,1H3,(H,20,21). The lowest BCUT2D eigenvalue weighted by molar-refractivity contribution is -0.142. The first kappa shape index (κ1) is 15.9. The number of carbonyl (C=O) groups is 1. The zero-order valence-corrected chi connectivity index (χ0v) is 13.8. The number of aliphatic carboxylic acids is 1. The molecule has 0 aromatic heterocycles. The van der Waals surface area contributed by atoms with Gasteiger partial charge in [0.25, 0.3) is 0 Å². The molecule has 0 radical (unpaired) electrons. The minimum Gasteiger partial charge on any atom is -0.479 e. The Morgan fingerprint density at radius 2 is 1.95 bits per heavy atom. The summed E-state index contributed by atoms with van der Waals surface area (Å²) in [7, 11) is 0. The van der Waals surface area contributed by atoms with Gasteiger partial charge < -0.3 is 10.4 Å². The molecule has 0 bridgehead atoms. The summed E-state index contributed by atoms with van der Waals surface area (Å²) < 4.78 is 0.938. The second kappa shape index (κ2) is 6.50. The number of nitrogens with one attached hydrogen (secondary N) is 1. The van der Waals surface area contributed by atoms with E-state index in [-0.39, 0.29) is 0 Å². The summed E-state index contributed by atoms with van der Waals surface area (Å²) in [6, 6.07) is 14.3. The Bertz CT molecular complexity index is 645. The summed E-state index contributed by atoms with van der Waals surface area (Å²) in [5.74, 6) is -0.935. The highest BCUT2D eigenvalue weighted by Crippen LogP contribution is 2.32. The summed E-state index contributed by atoms with van der Waals surface area (Å²) in [6.07, 6.45) is 0.388. The third-order valence-corrected chi connectivity index (χ3v) is 4.18. The topological polar surface area (TPSA) is 49.3 Å². The van der Waals surface area contributed by atoms with E-state index in [4.69, 9.17) is 11.6 Å². The van der Waals surface area contributed by atoms with Crippen LogP contribution in [-0.2, 0) is 10.3 Å². The van der Waals surface area contributed by atoms with Gasteiger partial charge in [0.15, 0.2) is 5.54 Å². The predicted octanol–water partition coefficient (Wildman–Crippen LogP) is 4.90. The number of halogens is 2. The van der Waals surface area contributed by atoms with Crippen molar-refractivity contribution >= 4 is 39.2 Å². The average Bonchev–Trinajstić information content (AvgIpc) is 2.46. The van der Waals surface area contributed by atoms with Crippen LogP contribution in [-0.4, -0.2) is 11.1 Å². The minimum absolute atomic E-state index is 0.388. The zero-order valence-electron chi connectivity index (χ0n) is 11.4. The third-order valence-electron chi connectivity index (χ3n) is 3.41. The molecule has 0 fully saturated rings. The van der Waals surface area contributed by atoms with E-state index in [0.29, 0.717) is 17.0 Å². The molecular weight excluding hydrogens is 354 g/mol. The van der Waals surface area contributed by atoms with E-state index in [2.05, 4.69) is 21.2 Å². The zero-order chi connectivity index (χ0) is 15.5. The highest BCUT2D eigenvalue weighted by atomic mass is 79.9. The van der Waals surface area contributed by atoms with Crippen molar-refractivity contribution in [2.75, 3.05) is 5.32 Å². The fourth-order valence-corrected chi connectivity index (χ4v) is 2.68. The molecule has 0 saturated heterocycles. The first-order valence-electron chi connectivity index (χ1n) is 6.51. The lowest BCUT2D eigenvalue weighted by Gasteiger charge is -2.31. The van der Waals surface area contributed by atoms with Gasteiger partial charge in [-0.2, -0.15) is 0 Å². The minimum atomic E-state index is -1.21. The predicted molar refractivity (Wildman–Crippen MR) is 88.8 cm³/mol. The van der Waals surface area contributed by atoms with Gasteiger partial charge >= 0.3 is 5.97 Å². The average molecular weight is 369 g/mol. The summed E-state index contributed by atoms with van der Waals surface area (Å²) in [5, 5.41) is 13.4. The van der Waals surface area contributed by atoms with Crippen molar-refractivity contribution in [2.45, 2.75) is 18.9 Å². The van der Waals surface area contributed by atoms with Crippen LogP contribution in [0.4, 0.5) is 5.69 Å². The van der Waals surface area contributed by atoms with Crippen LogP contribution in [0.1, 0.15) is 18.9 Å². The van der Waals surface area contributed by atoms with Crippen LogP contribution in [0.3, 0.4) is 0 Å². The first-order valence-corrected chi connectivity index (χ1v) is 7.68. The van der Waals surface area contributed by atoms with Crippen LogP contribution in [0.5, 0.6) is 0 Å². The van der Waals surface area contributed by atoms with Crippen molar-refractivity contribution in [2.24, 2.45) is 0 Å². The number of anilines is 1. The third kappa shape index (κ3) is 3.39. The van der Waals surface area contributed by atoms with Gasteiger partial charge in [-0.1, -0.05) is 46.6 Å². The van der Waals surface area contributed by atoms with Crippen LogP contribution in [0.25, 0.3) is 0 Å². The number of rotatable bonds is 5. The van der Waals surface area contributed by atoms with E-state index in [1.54, 1.807) is 24.3 Å². The van der Waals surface area contributed by atoms with Gasteiger partial charge in [-0.25, -0.2) is 4.79 Å². The van der Waals surface area contributed by atoms with Crippen molar-refractivity contribution in [3.63, 3.8) is 0 Å². The smallest absolute Gasteiger partial charge is 0.334 e. The van der Waals surface area contributed by atoms with E-state index in [0.717, 1.165) is 10.2 Å². The maximum atomic E-state index is 11.9. The number of benzene rings is 2. The Morgan fingerprint density at radius 1 is 1.29 bits per heavy atom. The van der Waals surface area contributed by atoms with Gasteiger partial charge in [-0.3, -0.25) is 0 Å². The summed E-state index contributed by atoms with van der Waals surface area (Å²) in [6.45, 7) is 1.83. The van der Waals surface area contributed by atoms with Gasteiger partial charge in [0, 0.05) is 15.2 Å².